The van der Waals surface area contributed by atoms with Crippen LogP contribution in [-0.2, 0) is 6.54 Å². The Bertz CT molecular complexity index is 969. The number of nitriles is 1. The monoisotopic (exact) mass is 404 g/mol. The molecule has 0 atom stereocenters. The fraction of sp³-hybridized carbons (Fsp3) is 0.263. The Balaban J connectivity index is 2.38. The number of ether oxygens (including phenoxy) is 1. The average Bonchev–Trinajstić information content (AvgIpc) is 3.08. The lowest BCUT2D eigenvalue weighted by Crippen LogP contribution is -2.17. The Morgan fingerprint density at radius 1 is 1.45 bits per heavy atom. The van der Waals surface area contributed by atoms with Crippen molar-refractivity contribution >= 4 is 12.6 Å². The zero-order valence-corrected chi connectivity index (χ0v) is 15.6. The lowest BCUT2D eigenvalue weighted by molar-refractivity contribution is -0.142. The van der Waals surface area contributed by atoms with Gasteiger partial charge in [0.15, 0.2) is 11.6 Å². The van der Waals surface area contributed by atoms with Crippen molar-refractivity contribution in [1.29, 1.82) is 5.26 Å². The fourth-order valence-corrected chi connectivity index (χ4v) is 2.31. The van der Waals surface area contributed by atoms with Gasteiger partial charge in [-0.2, -0.15) is 23.5 Å². The molecule has 0 aliphatic rings. The van der Waals surface area contributed by atoms with Crippen molar-refractivity contribution in [3.63, 3.8) is 0 Å². The molecule has 0 bridgehead atoms. The minimum absolute atomic E-state index is 0.0730. The highest BCUT2D eigenvalue weighted by Gasteiger charge is 2.28. The van der Waals surface area contributed by atoms with Crippen LogP contribution in [0.25, 0.3) is 0 Å². The van der Waals surface area contributed by atoms with E-state index in [0.717, 1.165) is 18.0 Å². The molecule has 1 aromatic heterocycles. The summed E-state index contributed by atoms with van der Waals surface area (Å²) in [6.07, 6.45) is 0.108. The Morgan fingerprint density at radius 2 is 2.21 bits per heavy atom. The number of hydrogen-bond donors (Lipinski definition) is 1. The summed E-state index contributed by atoms with van der Waals surface area (Å²) in [7, 11) is 0. The van der Waals surface area contributed by atoms with E-state index in [2.05, 4.69) is 21.8 Å². The Kier molecular flexibility index (Phi) is 7.27. The van der Waals surface area contributed by atoms with Gasteiger partial charge in [-0.3, -0.25) is 4.68 Å². The molecule has 0 saturated carbocycles. The number of alkyl halides is 3. The van der Waals surface area contributed by atoms with Crippen LogP contribution in [0.15, 0.2) is 52.4 Å². The molecule has 0 saturated heterocycles. The second-order valence-electron chi connectivity index (χ2n) is 6.04. The number of aromatic nitrogens is 2. The van der Waals surface area contributed by atoms with Gasteiger partial charge in [-0.15, -0.1) is 0 Å². The van der Waals surface area contributed by atoms with Crippen LogP contribution in [0.4, 0.5) is 13.2 Å². The predicted octanol–water partition coefficient (Wildman–Crippen LogP) is 3.81. The molecule has 10 heteroatoms. The van der Waals surface area contributed by atoms with Gasteiger partial charge in [0.05, 0.1) is 29.6 Å². The van der Waals surface area contributed by atoms with Gasteiger partial charge in [0.1, 0.15) is 12.3 Å². The van der Waals surface area contributed by atoms with Crippen molar-refractivity contribution in [3.05, 3.63) is 53.5 Å². The first-order valence-electron chi connectivity index (χ1n) is 8.47. The third kappa shape index (κ3) is 6.58. The summed E-state index contributed by atoms with van der Waals surface area (Å²) in [4.78, 5) is 8.17. The molecule has 0 radical (unpaired) electrons. The normalized spacial score (nSPS) is 12.6. The van der Waals surface area contributed by atoms with Gasteiger partial charge in [-0.1, -0.05) is 5.57 Å². The van der Waals surface area contributed by atoms with E-state index in [0.29, 0.717) is 28.8 Å². The first-order valence-corrected chi connectivity index (χ1v) is 8.47. The van der Waals surface area contributed by atoms with Gasteiger partial charge in [0.25, 0.3) is 0 Å². The number of rotatable bonds is 7. The van der Waals surface area contributed by atoms with E-state index < -0.39 is 12.7 Å². The molecule has 0 aliphatic heterocycles. The first-order chi connectivity index (χ1) is 13.8. The zero-order chi connectivity index (χ0) is 21.4. The van der Waals surface area contributed by atoms with Crippen molar-refractivity contribution < 1.29 is 17.9 Å². The highest BCUT2D eigenvalue weighted by Crippen LogP contribution is 2.28. The van der Waals surface area contributed by atoms with Crippen LogP contribution >= 0.6 is 0 Å². The molecule has 0 spiro atoms. The second kappa shape index (κ2) is 9.66. The minimum atomic E-state index is -4.41. The van der Waals surface area contributed by atoms with Crippen molar-refractivity contribution in [1.82, 2.24) is 9.78 Å². The van der Waals surface area contributed by atoms with E-state index in [9.17, 15) is 13.2 Å². The number of amidine groups is 1. The standard InChI is InChI=1S/C19H19F3N6O/c1-13(5-6-23)9-26-18(25-2)16-4-3-14(8-24)7-17(16)29-15-10-27-28(11-15)12-19(20,21)22/h3-4,7,9-11H,2,5-6,12,23H2,1H3/b13-9+,26-18?. The molecule has 1 aromatic carbocycles. The van der Waals surface area contributed by atoms with Crippen LogP contribution in [0.1, 0.15) is 24.5 Å². The maximum Gasteiger partial charge on any atom is 0.408 e. The van der Waals surface area contributed by atoms with Gasteiger partial charge in [-0.05, 0) is 44.8 Å². The maximum absolute atomic E-state index is 12.5. The summed E-state index contributed by atoms with van der Waals surface area (Å²) >= 11 is 0. The largest absolute Gasteiger partial charge is 0.453 e. The summed E-state index contributed by atoms with van der Waals surface area (Å²) in [6, 6.07) is 6.54. The number of benzene rings is 1. The molecule has 0 aliphatic carbocycles. The van der Waals surface area contributed by atoms with Crippen molar-refractivity contribution in [2.24, 2.45) is 15.7 Å². The number of halogens is 3. The second-order valence-corrected chi connectivity index (χ2v) is 6.04. The number of nitrogens with two attached hydrogens (primary N) is 1. The average molecular weight is 404 g/mol. The van der Waals surface area contributed by atoms with Crippen molar-refractivity contribution in [2.45, 2.75) is 26.1 Å². The third-order valence-corrected chi connectivity index (χ3v) is 3.63. The van der Waals surface area contributed by atoms with Crippen LogP contribution in [0, 0.1) is 11.3 Å². The molecular formula is C19H19F3N6O. The predicted molar refractivity (Wildman–Crippen MR) is 103 cm³/mol. The van der Waals surface area contributed by atoms with Crippen molar-refractivity contribution in [2.75, 3.05) is 6.54 Å². The maximum atomic E-state index is 12.5. The molecule has 2 rings (SSSR count). The Hall–Kier alpha value is -3.45. The van der Waals surface area contributed by atoms with E-state index in [1.54, 1.807) is 18.3 Å². The lowest BCUT2D eigenvalue weighted by atomic mass is 10.1. The molecule has 29 heavy (non-hydrogen) atoms. The topological polar surface area (TPSA) is 102 Å². The van der Waals surface area contributed by atoms with Gasteiger partial charge >= 0.3 is 6.18 Å². The summed E-state index contributed by atoms with van der Waals surface area (Å²) in [6.45, 7) is 4.59. The molecular weight excluding hydrogens is 385 g/mol. The van der Waals surface area contributed by atoms with E-state index in [1.165, 1.54) is 6.07 Å². The van der Waals surface area contributed by atoms with Crippen LogP contribution in [0.2, 0.25) is 0 Å². The van der Waals surface area contributed by atoms with E-state index in [4.69, 9.17) is 15.7 Å². The van der Waals surface area contributed by atoms with E-state index in [-0.39, 0.29) is 17.3 Å². The highest BCUT2D eigenvalue weighted by atomic mass is 19.4. The van der Waals surface area contributed by atoms with E-state index >= 15 is 0 Å². The number of aliphatic imine (C=N–C) groups is 2. The molecule has 1 heterocycles. The molecule has 152 valence electrons. The third-order valence-electron chi connectivity index (χ3n) is 3.63. The van der Waals surface area contributed by atoms with Crippen molar-refractivity contribution in [3.8, 4) is 17.6 Å². The molecule has 2 N–H and O–H groups in total. The van der Waals surface area contributed by atoms with Crippen LogP contribution in [0.5, 0.6) is 11.5 Å². The summed E-state index contributed by atoms with van der Waals surface area (Å²) < 4.78 is 43.9. The first kappa shape index (κ1) is 21.8. The van der Waals surface area contributed by atoms with Gasteiger partial charge in [0.2, 0.25) is 0 Å². The van der Waals surface area contributed by atoms with Crippen LogP contribution in [-0.4, -0.2) is 35.1 Å². The molecule has 2 aromatic rings. The quantitative estimate of drug-likeness (QED) is 0.560. The Labute approximate surface area is 165 Å². The number of nitrogens with zero attached hydrogens (tertiary/aromatic N) is 5. The molecule has 0 fully saturated rings. The van der Waals surface area contributed by atoms with Gasteiger partial charge in [0, 0.05) is 6.20 Å². The number of hydrogen-bond acceptors (Lipinski definition) is 5. The fourth-order valence-electron chi connectivity index (χ4n) is 2.31. The summed E-state index contributed by atoms with van der Waals surface area (Å²) in [5, 5.41) is 12.8. The van der Waals surface area contributed by atoms with Crippen LogP contribution < -0.4 is 10.5 Å². The highest BCUT2D eigenvalue weighted by molar-refractivity contribution is 6.04. The van der Waals surface area contributed by atoms with E-state index in [1.807, 2.05) is 13.0 Å². The molecule has 7 nitrogen and oxygen atoms in total. The lowest BCUT2D eigenvalue weighted by Gasteiger charge is -2.10. The van der Waals surface area contributed by atoms with Crippen LogP contribution in [0.3, 0.4) is 0 Å². The van der Waals surface area contributed by atoms with Gasteiger partial charge in [-0.25, -0.2) is 9.98 Å². The summed E-state index contributed by atoms with van der Waals surface area (Å²) in [5.74, 6) is 0.485. The Morgan fingerprint density at radius 3 is 2.83 bits per heavy atom. The smallest absolute Gasteiger partial charge is 0.408 e. The minimum Gasteiger partial charge on any atom is -0.453 e. The zero-order valence-electron chi connectivity index (χ0n) is 15.6. The summed E-state index contributed by atoms with van der Waals surface area (Å²) in [5.41, 5.74) is 7.15. The van der Waals surface area contributed by atoms with Gasteiger partial charge < -0.3 is 10.5 Å². The molecule has 0 unspecified atom stereocenters. The molecule has 0 amide bonds. The SMILES string of the molecule is C=NC(=N/C=C(\C)CCN)c1ccc(C#N)cc1Oc1cnn(CC(F)(F)F)c1.